The Morgan fingerprint density at radius 3 is 2.94 bits per heavy atom. The summed E-state index contributed by atoms with van der Waals surface area (Å²) in [6, 6.07) is 8.29. The van der Waals surface area contributed by atoms with E-state index in [4.69, 9.17) is 0 Å². The van der Waals surface area contributed by atoms with Gasteiger partial charge in [-0.15, -0.1) is 0 Å². The molecule has 2 heterocycles. The topological polar surface area (TPSA) is 34.0 Å². The smallest absolute Gasteiger partial charge is 0.254 e. The lowest BCUT2D eigenvalue weighted by Crippen LogP contribution is -2.24. The molecule has 1 aliphatic rings. The minimum atomic E-state index is 0.158. The van der Waals surface area contributed by atoms with Crippen molar-refractivity contribution in [2.75, 3.05) is 13.1 Å². The number of hydrogen-bond donors (Lipinski definition) is 1. The molecular formula is C15H18N2O. The zero-order chi connectivity index (χ0) is 12.7. The summed E-state index contributed by atoms with van der Waals surface area (Å²) >= 11 is 0. The third-order valence-corrected chi connectivity index (χ3v) is 3.97. The van der Waals surface area contributed by atoms with Crippen LogP contribution in [0.3, 0.4) is 0 Å². The molecule has 1 aliphatic heterocycles. The minimum absolute atomic E-state index is 0.158. The predicted octanol–water partition coefficient (Wildman–Crippen LogP) is 1.92. The van der Waals surface area contributed by atoms with Crippen molar-refractivity contribution in [1.82, 2.24) is 9.88 Å². The van der Waals surface area contributed by atoms with E-state index in [0.717, 1.165) is 36.2 Å². The molecule has 0 saturated carbocycles. The highest BCUT2D eigenvalue weighted by Crippen LogP contribution is 2.24. The number of aryl methyl sites for hydroxylation is 2. The quantitative estimate of drug-likeness (QED) is 0.829. The molecule has 1 N–H and O–H groups in total. The molecule has 3 heteroatoms. The fourth-order valence-electron chi connectivity index (χ4n) is 2.99. The summed E-state index contributed by atoms with van der Waals surface area (Å²) in [7, 11) is 1.88. The Morgan fingerprint density at radius 2 is 2.22 bits per heavy atom. The second kappa shape index (κ2) is 4.25. The summed E-state index contributed by atoms with van der Waals surface area (Å²) in [6.07, 6.45) is 1.06. The van der Waals surface area contributed by atoms with Gasteiger partial charge in [-0.05, 0) is 36.9 Å². The average Bonchev–Trinajstić information content (AvgIpc) is 2.87. The molecule has 1 atom stereocenters. The largest absolute Gasteiger partial charge is 0.316 e. The highest BCUT2D eigenvalue weighted by atomic mass is 16.1. The first-order valence-electron chi connectivity index (χ1n) is 6.48. The van der Waals surface area contributed by atoms with Crippen LogP contribution in [0.1, 0.15) is 23.5 Å². The molecule has 1 unspecified atom stereocenters. The summed E-state index contributed by atoms with van der Waals surface area (Å²) in [5.41, 5.74) is 3.33. The number of pyridine rings is 1. The van der Waals surface area contributed by atoms with Crippen LogP contribution in [-0.2, 0) is 7.05 Å². The molecule has 3 nitrogen and oxygen atoms in total. The van der Waals surface area contributed by atoms with Gasteiger partial charge in [0.1, 0.15) is 0 Å². The number of nitrogens with zero attached hydrogens (tertiary/aromatic N) is 1. The average molecular weight is 242 g/mol. The molecular weight excluding hydrogens is 224 g/mol. The van der Waals surface area contributed by atoms with Crippen LogP contribution in [0.4, 0.5) is 0 Å². The second-order valence-corrected chi connectivity index (χ2v) is 5.17. The summed E-state index contributed by atoms with van der Waals surface area (Å²) < 4.78 is 1.80. The molecule has 0 radical (unpaired) electrons. The Morgan fingerprint density at radius 1 is 1.39 bits per heavy atom. The second-order valence-electron chi connectivity index (χ2n) is 5.17. The van der Waals surface area contributed by atoms with E-state index in [0.29, 0.717) is 5.92 Å². The van der Waals surface area contributed by atoms with Gasteiger partial charge < -0.3 is 9.88 Å². The molecule has 3 rings (SSSR count). The summed E-state index contributed by atoms with van der Waals surface area (Å²) in [4.78, 5) is 12.5. The summed E-state index contributed by atoms with van der Waals surface area (Å²) in [6.45, 7) is 3.99. The lowest BCUT2D eigenvalue weighted by molar-refractivity contribution is 0.734. The van der Waals surface area contributed by atoms with Gasteiger partial charge in [0.15, 0.2) is 0 Å². The third kappa shape index (κ3) is 1.66. The van der Waals surface area contributed by atoms with Gasteiger partial charge in [0.2, 0.25) is 0 Å². The Hall–Kier alpha value is -1.61. The number of benzene rings is 1. The number of aromatic nitrogens is 1. The van der Waals surface area contributed by atoms with Crippen molar-refractivity contribution in [2.45, 2.75) is 19.3 Å². The molecule has 0 bridgehead atoms. The molecule has 0 spiro atoms. The first-order chi connectivity index (χ1) is 8.68. The SMILES string of the molecule is Cc1cccc2cc(C3CCNC3)c(=O)n(C)c12. The number of fused-ring (bicyclic) bond motifs is 1. The van der Waals surface area contributed by atoms with E-state index in [9.17, 15) is 4.79 Å². The van der Waals surface area contributed by atoms with E-state index < -0.39 is 0 Å². The Labute approximate surface area is 106 Å². The van der Waals surface area contributed by atoms with Crippen LogP contribution in [-0.4, -0.2) is 17.7 Å². The van der Waals surface area contributed by atoms with E-state index in [1.165, 1.54) is 5.39 Å². The molecule has 1 saturated heterocycles. The monoisotopic (exact) mass is 242 g/mol. The highest BCUT2D eigenvalue weighted by molar-refractivity contribution is 5.82. The first kappa shape index (κ1) is 11.5. The van der Waals surface area contributed by atoms with Crippen LogP contribution in [0.2, 0.25) is 0 Å². The molecule has 1 fully saturated rings. The highest BCUT2D eigenvalue weighted by Gasteiger charge is 2.21. The molecule has 94 valence electrons. The number of rotatable bonds is 1. The minimum Gasteiger partial charge on any atom is -0.316 e. The molecule has 0 aliphatic carbocycles. The van der Waals surface area contributed by atoms with Gasteiger partial charge in [0, 0.05) is 25.1 Å². The molecule has 1 aromatic heterocycles. The van der Waals surface area contributed by atoms with Crippen LogP contribution in [0.5, 0.6) is 0 Å². The zero-order valence-corrected chi connectivity index (χ0v) is 10.9. The molecule has 0 amide bonds. The Balaban J connectivity index is 2.29. The van der Waals surface area contributed by atoms with E-state index in [1.807, 2.05) is 7.05 Å². The van der Waals surface area contributed by atoms with Crippen LogP contribution in [0, 0.1) is 6.92 Å². The van der Waals surface area contributed by atoms with Crippen LogP contribution >= 0.6 is 0 Å². The molecule has 1 aromatic carbocycles. The van der Waals surface area contributed by atoms with Crippen molar-refractivity contribution < 1.29 is 0 Å². The number of nitrogens with one attached hydrogen (secondary N) is 1. The normalized spacial score (nSPS) is 19.6. The van der Waals surface area contributed by atoms with E-state index in [-0.39, 0.29) is 5.56 Å². The van der Waals surface area contributed by atoms with Crippen LogP contribution in [0.25, 0.3) is 10.9 Å². The van der Waals surface area contributed by atoms with Crippen molar-refractivity contribution in [1.29, 1.82) is 0 Å². The van der Waals surface area contributed by atoms with Crippen molar-refractivity contribution in [3.63, 3.8) is 0 Å². The molecule has 18 heavy (non-hydrogen) atoms. The number of hydrogen-bond acceptors (Lipinski definition) is 2. The maximum Gasteiger partial charge on any atom is 0.254 e. The van der Waals surface area contributed by atoms with Gasteiger partial charge in [-0.2, -0.15) is 0 Å². The third-order valence-electron chi connectivity index (χ3n) is 3.97. The van der Waals surface area contributed by atoms with E-state index in [2.05, 4.69) is 36.5 Å². The first-order valence-corrected chi connectivity index (χ1v) is 6.48. The lowest BCUT2D eigenvalue weighted by Gasteiger charge is -2.14. The van der Waals surface area contributed by atoms with Gasteiger partial charge in [-0.1, -0.05) is 18.2 Å². The van der Waals surface area contributed by atoms with Gasteiger partial charge in [-0.25, -0.2) is 0 Å². The summed E-state index contributed by atoms with van der Waals surface area (Å²) in [5.74, 6) is 0.369. The van der Waals surface area contributed by atoms with Crippen molar-refractivity contribution in [2.24, 2.45) is 7.05 Å². The van der Waals surface area contributed by atoms with Gasteiger partial charge in [0.05, 0.1) is 5.52 Å². The summed E-state index contributed by atoms with van der Waals surface area (Å²) in [5, 5.41) is 4.49. The van der Waals surface area contributed by atoms with Gasteiger partial charge in [0.25, 0.3) is 5.56 Å². The Kier molecular flexibility index (Phi) is 2.71. The Bertz CT molecular complexity index is 651. The van der Waals surface area contributed by atoms with E-state index >= 15 is 0 Å². The van der Waals surface area contributed by atoms with E-state index in [1.54, 1.807) is 4.57 Å². The van der Waals surface area contributed by atoms with Crippen molar-refractivity contribution in [3.05, 3.63) is 45.7 Å². The van der Waals surface area contributed by atoms with Crippen LogP contribution < -0.4 is 10.9 Å². The lowest BCUT2D eigenvalue weighted by atomic mass is 9.97. The fraction of sp³-hybridized carbons (Fsp3) is 0.400. The fourth-order valence-corrected chi connectivity index (χ4v) is 2.99. The van der Waals surface area contributed by atoms with Crippen LogP contribution in [0.15, 0.2) is 29.1 Å². The standard InChI is InChI=1S/C15H18N2O/c1-10-4-3-5-11-8-13(12-6-7-16-9-12)15(18)17(2)14(10)11/h3-5,8,12,16H,6-7,9H2,1-2H3. The van der Waals surface area contributed by atoms with Crippen molar-refractivity contribution in [3.8, 4) is 0 Å². The van der Waals surface area contributed by atoms with Crippen molar-refractivity contribution >= 4 is 10.9 Å². The van der Waals surface area contributed by atoms with Gasteiger partial charge in [-0.3, -0.25) is 4.79 Å². The maximum atomic E-state index is 12.5. The number of para-hydroxylation sites is 1. The molecule has 2 aromatic rings. The zero-order valence-electron chi connectivity index (χ0n) is 10.9. The predicted molar refractivity (Wildman–Crippen MR) is 74.2 cm³/mol. The van der Waals surface area contributed by atoms with Gasteiger partial charge >= 0.3 is 0 Å². The maximum absolute atomic E-state index is 12.5.